The molecule has 0 saturated heterocycles. The van der Waals surface area contributed by atoms with Crippen LogP contribution in [0.5, 0.6) is 0 Å². The van der Waals surface area contributed by atoms with Crippen molar-refractivity contribution in [2.24, 2.45) is 0 Å². The minimum absolute atomic E-state index is 0.0376. The topological polar surface area (TPSA) is 130 Å². The number of H-pyrrole nitrogens is 1. The Morgan fingerprint density at radius 2 is 1.93 bits per heavy atom. The molecule has 2 heterocycles. The zero-order chi connectivity index (χ0) is 20.3. The number of carbonyl (C=O) groups is 1. The number of rotatable bonds is 7. The van der Waals surface area contributed by atoms with Gasteiger partial charge in [-0.3, -0.25) is 9.89 Å². The maximum absolute atomic E-state index is 12.9. The molecule has 3 rings (SSSR count). The van der Waals surface area contributed by atoms with E-state index in [0.29, 0.717) is 17.1 Å². The van der Waals surface area contributed by atoms with Crippen LogP contribution >= 0.6 is 0 Å². The molecule has 28 heavy (non-hydrogen) atoms. The number of sulfonamides is 1. The quantitative estimate of drug-likeness (QED) is 0.552. The third kappa shape index (κ3) is 4.46. The monoisotopic (exact) mass is 403 g/mol. The van der Waals surface area contributed by atoms with E-state index in [1.165, 1.54) is 0 Å². The van der Waals surface area contributed by atoms with E-state index in [1.54, 1.807) is 26.8 Å². The van der Waals surface area contributed by atoms with E-state index in [1.807, 2.05) is 30.3 Å². The predicted octanol–water partition coefficient (Wildman–Crippen LogP) is 1.85. The van der Waals surface area contributed by atoms with Gasteiger partial charge in [-0.1, -0.05) is 35.5 Å². The molecule has 0 spiro atoms. The number of hydrogen-bond acceptors (Lipinski definition) is 6. The van der Waals surface area contributed by atoms with E-state index in [9.17, 15) is 13.2 Å². The van der Waals surface area contributed by atoms with Crippen LogP contribution < -0.4 is 10.0 Å². The molecule has 2 aromatic heterocycles. The summed E-state index contributed by atoms with van der Waals surface area (Å²) in [6, 6.07) is 9.63. The summed E-state index contributed by atoms with van der Waals surface area (Å²) in [6.07, 6.45) is 0.165. The van der Waals surface area contributed by atoms with E-state index >= 15 is 0 Å². The number of nitrogens with zero attached hydrogens (tertiary/aromatic N) is 2. The number of aromatic amines is 1. The Morgan fingerprint density at radius 1 is 1.21 bits per heavy atom. The number of benzene rings is 1. The molecule has 0 unspecified atom stereocenters. The lowest BCUT2D eigenvalue weighted by Gasteiger charge is -2.18. The first-order valence-electron chi connectivity index (χ1n) is 8.58. The standard InChI is InChI=1S/C18H21N5O4S/c1-11-9-16(22-27-11)19-18(24)15(10-14-7-5-4-6-8-14)23-28(25,26)17-12(2)20-21-13(17)3/h4-9,15,23H,10H2,1-3H3,(H,20,21)(H,19,22,24)/t15-/m0/s1. The zero-order valence-corrected chi connectivity index (χ0v) is 16.5. The Morgan fingerprint density at radius 3 is 2.50 bits per heavy atom. The summed E-state index contributed by atoms with van der Waals surface area (Å²) in [5.74, 6) is 0.204. The van der Waals surface area contributed by atoms with Crippen molar-refractivity contribution in [1.82, 2.24) is 20.1 Å². The van der Waals surface area contributed by atoms with Gasteiger partial charge in [0.15, 0.2) is 5.82 Å². The highest BCUT2D eigenvalue weighted by Gasteiger charge is 2.30. The fourth-order valence-electron chi connectivity index (χ4n) is 2.86. The first kappa shape index (κ1) is 19.8. The summed E-state index contributed by atoms with van der Waals surface area (Å²) in [4.78, 5) is 12.8. The number of carbonyl (C=O) groups excluding carboxylic acids is 1. The van der Waals surface area contributed by atoms with Crippen LogP contribution in [0.2, 0.25) is 0 Å². The molecular formula is C18H21N5O4S. The first-order chi connectivity index (χ1) is 13.3. The molecule has 1 amide bonds. The number of nitrogens with one attached hydrogen (secondary N) is 3. The molecule has 0 bridgehead atoms. The van der Waals surface area contributed by atoms with Crippen molar-refractivity contribution < 1.29 is 17.7 Å². The molecule has 10 heteroatoms. The van der Waals surface area contributed by atoms with Gasteiger partial charge in [-0.2, -0.15) is 9.82 Å². The van der Waals surface area contributed by atoms with Crippen LogP contribution in [0, 0.1) is 20.8 Å². The SMILES string of the molecule is Cc1cc(NC(=O)[C@H](Cc2ccccc2)NS(=O)(=O)c2c(C)n[nH]c2C)no1. The maximum Gasteiger partial charge on any atom is 0.244 e. The van der Waals surface area contributed by atoms with E-state index < -0.39 is 22.0 Å². The van der Waals surface area contributed by atoms with Gasteiger partial charge in [-0.15, -0.1) is 0 Å². The predicted molar refractivity (Wildman–Crippen MR) is 102 cm³/mol. The van der Waals surface area contributed by atoms with E-state index in [4.69, 9.17) is 4.52 Å². The molecule has 0 aliphatic heterocycles. The lowest BCUT2D eigenvalue weighted by molar-refractivity contribution is -0.117. The molecule has 3 aromatic rings. The second-order valence-electron chi connectivity index (χ2n) is 6.44. The molecule has 0 saturated carbocycles. The Balaban J connectivity index is 1.88. The highest BCUT2D eigenvalue weighted by molar-refractivity contribution is 7.89. The minimum Gasteiger partial charge on any atom is -0.360 e. The number of hydrogen-bond donors (Lipinski definition) is 3. The molecule has 9 nitrogen and oxygen atoms in total. The van der Waals surface area contributed by atoms with Gasteiger partial charge >= 0.3 is 0 Å². The van der Waals surface area contributed by atoms with Crippen molar-refractivity contribution in [1.29, 1.82) is 0 Å². The van der Waals surface area contributed by atoms with Crippen LogP contribution in [0.3, 0.4) is 0 Å². The van der Waals surface area contributed by atoms with Gasteiger partial charge in [0.1, 0.15) is 16.7 Å². The Labute approximate surface area is 162 Å². The molecule has 0 aliphatic carbocycles. The van der Waals surface area contributed by atoms with Crippen LogP contribution in [0.1, 0.15) is 22.7 Å². The fourth-order valence-corrected chi connectivity index (χ4v) is 4.43. The molecule has 0 radical (unpaired) electrons. The van der Waals surface area contributed by atoms with Gasteiger partial charge in [0.25, 0.3) is 0 Å². The minimum atomic E-state index is -3.98. The van der Waals surface area contributed by atoms with Gasteiger partial charge in [-0.25, -0.2) is 8.42 Å². The molecule has 0 fully saturated rings. The fraction of sp³-hybridized carbons (Fsp3) is 0.278. The Kier molecular flexibility index (Phi) is 5.61. The van der Waals surface area contributed by atoms with E-state index in [0.717, 1.165) is 5.56 Å². The number of anilines is 1. The van der Waals surface area contributed by atoms with E-state index in [-0.39, 0.29) is 17.1 Å². The number of aryl methyl sites for hydroxylation is 3. The lowest BCUT2D eigenvalue weighted by Crippen LogP contribution is -2.45. The summed E-state index contributed by atoms with van der Waals surface area (Å²) in [5, 5.41) is 12.9. The second-order valence-corrected chi connectivity index (χ2v) is 8.09. The highest BCUT2D eigenvalue weighted by atomic mass is 32.2. The normalized spacial score (nSPS) is 12.7. The first-order valence-corrected chi connectivity index (χ1v) is 10.1. The van der Waals surface area contributed by atoms with Crippen molar-refractivity contribution >= 4 is 21.7 Å². The highest BCUT2D eigenvalue weighted by Crippen LogP contribution is 2.18. The average molecular weight is 403 g/mol. The summed E-state index contributed by atoms with van der Waals surface area (Å²) >= 11 is 0. The third-order valence-electron chi connectivity index (χ3n) is 4.11. The third-order valence-corrected chi connectivity index (χ3v) is 5.84. The summed E-state index contributed by atoms with van der Waals surface area (Å²) in [6.45, 7) is 4.89. The van der Waals surface area contributed by atoms with Crippen LogP contribution in [-0.4, -0.2) is 35.7 Å². The molecule has 148 valence electrons. The largest absolute Gasteiger partial charge is 0.360 e. The second kappa shape index (κ2) is 7.95. The van der Waals surface area contributed by atoms with Crippen molar-refractivity contribution in [2.45, 2.75) is 38.1 Å². The molecule has 1 aromatic carbocycles. The summed E-state index contributed by atoms with van der Waals surface area (Å²) in [5.41, 5.74) is 1.54. The van der Waals surface area contributed by atoms with Gasteiger partial charge < -0.3 is 9.84 Å². The van der Waals surface area contributed by atoms with Crippen molar-refractivity contribution in [2.75, 3.05) is 5.32 Å². The Hall–Kier alpha value is -2.98. The van der Waals surface area contributed by atoms with Crippen molar-refractivity contribution in [3.63, 3.8) is 0 Å². The molecule has 3 N–H and O–H groups in total. The van der Waals surface area contributed by atoms with Crippen LogP contribution in [0.25, 0.3) is 0 Å². The molecule has 0 aliphatic rings. The Bertz CT molecular complexity index is 1050. The van der Waals surface area contributed by atoms with Gasteiger partial charge in [0.05, 0.1) is 11.4 Å². The smallest absolute Gasteiger partial charge is 0.244 e. The van der Waals surface area contributed by atoms with Gasteiger partial charge in [0, 0.05) is 6.07 Å². The van der Waals surface area contributed by atoms with Crippen molar-refractivity contribution in [3.05, 3.63) is 59.1 Å². The van der Waals surface area contributed by atoms with Gasteiger partial charge in [-0.05, 0) is 32.8 Å². The van der Waals surface area contributed by atoms with Crippen molar-refractivity contribution in [3.8, 4) is 0 Å². The van der Waals surface area contributed by atoms with Crippen LogP contribution in [0.4, 0.5) is 5.82 Å². The maximum atomic E-state index is 12.9. The van der Waals surface area contributed by atoms with Crippen LogP contribution in [0.15, 0.2) is 45.8 Å². The average Bonchev–Trinajstić information content (AvgIpc) is 3.20. The van der Waals surface area contributed by atoms with E-state index in [2.05, 4.69) is 25.4 Å². The lowest BCUT2D eigenvalue weighted by atomic mass is 10.1. The number of aromatic nitrogens is 3. The van der Waals surface area contributed by atoms with Gasteiger partial charge in [0.2, 0.25) is 15.9 Å². The summed E-state index contributed by atoms with van der Waals surface area (Å²) < 4.78 is 33.3. The zero-order valence-electron chi connectivity index (χ0n) is 15.7. The number of amides is 1. The summed E-state index contributed by atoms with van der Waals surface area (Å²) in [7, 11) is -3.98. The molecule has 1 atom stereocenters. The molecular weight excluding hydrogens is 382 g/mol. The van der Waals surface area contributed by atoms with Crippen LogP contribution in [-0.2, 0) is 21.2 Å².